The third-order valence-electron chi connectivity index (χ3n) is 6.85. The van der Waals surface area contributed by atoms with Crippen LogP contribution >= 0.6 is 0 Å². The van der Waals surface area contributed by atoms with Crippen molar-refractivity contribution in [3.8, 4) is 0 Å². The van der Waals surface area contributed by atoms with Gasteiger partial charge in [-0.05, 0) is 56.6 Å². The van der Waals surface area contributed by atoms with Crippen LogP contribution in [0.3, 0.4) is 0 Å². The highest BCUT2D eigenvalue weighted by atomic mass is 16.4. The van der Waals surface area contributed by atoms with E-state index in [1.54, 1.807) is 4.90 Å². The second-order valence-corrected chi connectivity index (χ2v) is 9.85. The van der Waals surface area contributed by atoms with Gasteiger partial charge in [0.05, 0.1) is 18.9 Å². The number of rotatable bonds is 14. The van der Waals surface area contributed by atoms with E-state index in [2.05, 4.69) is 22.8 Å². The Bertz CT molecular complexity index is 892. The quantitative estimate of drug-likeness (QED) is 0.146. The Hall–Kier alpha value is -3.14. The van der Waals surface area contributed by atoms with Crippen molar-refractivity contribution in [1.29, 1.82) is 5.41 Å². The highest BCUT2D eigenvalue weighted by molar-refractivity contribution is 5.89. The molecule has 10 heteroatoms. The number of hydrogen-bond acceptors (Lipinski definition) is 5. The van der Waals surface area contributed by atoms with Crippen molar-refractivity contribution in [2.45, 2.75) is 63.5 Å². The number of nitrogens with one attached hydrogen (secondary N) is 3. The van der Waals surface area contributed by atoms with Crippen molar-refractivity contribution >= 4 is 23.7 Å². The molecule has 1 saturated carbocycles. The average molecular weight is 501 g/mol. The number of carbonyl (C=O) groups is 3. The number of hydrogen-bond donors (Lipinski definition) is 5. The van der Waals surface area contributed by atoms with Crippen LogP contribution < -0.4 is 16.4 Å². The summed E-state index contributed by atoms with van der Waals surface area (Å²) in [4.78, 5) is 40.8. The van der Waals surface area contributed by atoms with E-state index < -0.39 is 12.0 Å². The van der Waals surface area contributed by atoms with Crippen LogP contribution in [0.1, 0.15) is 50.5 Å². The maximum Gasteiger partial charge on any atom is 0.305 e. The first-order chi connectivity index (χ1) is 17.3. The Morgan fingerprint density at radius 3 is 2.61 bits per heavy atom. The summed E-state index contributed by atoms with van der Waals surface area (Å²) in [5.74, 6) is -1.09. The van der Waals surface area contributed by atoms with Crippen LogP contribution in [-0.2, 0) is 20.8 Å². The Morgan fingerprint density at radius 2 is 1.94 bits per heavy atom. The first-order valence-corrected chi connectivity index (χ1v) is 13.0. The molecule has 3 rings (SSSR count). The zero-order valence-electron chi connectivity index (χ0n) is 21.0. The van der Waals surface area contributed by atoms with Gasteiger partial charge in [0.15, 0.2) is 5.96 Å². The van der Waals surface area contributed by atoms with E-state index in [-0.39, 0.29) is 49.1 Å². The lowest BCUT2D eigenvalue weighted by atomic mass is 9.98. The second kappa shape index (κ2) is 13.8. The van der Waals surface area contributed by atoms with Gasteiger partial charge in [0.1, 0.15) is 0 Å². The van der Waals surface area contributed by atoms with E-state index in [4.69, 9.17) is 16.2 Å². The number of carboxylic acids is 1. The van der Waals surface area contributed by atoms with Crippen molar-refractivity contribution < 1.29 is 19.5 Å². The van der Waals surface area contributed by atoms with Gasteiger partial charge >= 0.3 is 5.97 Å². The Morgan fingerprint density at radius 1 is 1.19 bits per heavy atom. The Kier molecular flexibility index (Phi) is 10.5. The molecule has 36 heavy (non-hydrogen) atoms. The molecule has 1 aliphatic carbocycles. The lowest BCUT2D eigenvalue weighted by molar-refractivity contribution is -0.140. The predicted molar refractivity (Wildman–Crippen MR) is 137 cm³/mol. The zero-order chi connectivity index (χ0) is 25.9. The molecule has 0 radical (unpaired) electrons. The van der Waals surface area contributed by atoms with E-state index in [1.165, 1.54) is 5.56 Å². The number of aryl methyl sites for hydroxylation is 1. The van der Waals surface area contributed by atoms with Gasteiger partial charge < -0.3 is 31.3 Å². The largest absolute Gasteiger partial charge is 0.481 e. The molecule has 1 aromatic rings. The number of guanidine groups is 1. The molecular formula is C26H40N6O4. The summed E-state index contributed by atoms with van der Waals surface area (Å²) in [5, 5.41) is 23.0. The maximum atomic E-state index is 13.4. The molecule has 1 saturated heterocycles. The molecule has 2 atom stereocenters. The number of nitrogens with zero attached hydrogens (tertiary/aromatic N) is 2. The summed E-state index contributed by atoms with van der Waals surface area (Å²) >= 11 is 0. The zero-order valence-corrected chi connectivity index (χ0v) is 21.0. The van der Waals surface area contributed by atoms with Crippen LogP contribution in [0.25, 0.3) is 0 Å². The standard InChI is InChI=1S/C26H40N6O4/c27-26(28)31-14-5-9-20(18-31)17-30-23(33)16-22(29-13-4-8-19-6-2-1-3-7-19)25(36)32(21-10-11-21)15-12-24(34)35/h1-3,6-7,20-22,29H,4-5,8-18H2,(H3,27,28)(H,30,33)(H,34,35)/t20-,22-/m0/s1. The molecule has 0 aromatic heterocycles. The summed E-state index contributed by atoms with van der Waals surface area (Å²) in [5.41, 5.74) is 6.83. The number of amides is 2. The van der Waals surface area contributed by atoms with Gasteiger partial charge in [-0.25, -0.2) is 0 Å². The summed E-state index contributed by atoms with van der Waals surface area (Å²) in [6.45, 7) is 2.61. The highest BCUT2D eigenvalue weighted by Gasteiger charge is 2.36. The first kappa shape index (κ1) is 27.4. The Balaban J connectivity index is 1.55. The van der Waals surface area contributed by atoms with Crippen molar-refractivity contribution in [2.75, 3.05) is 32.7 Å². The van der Waals surface area contributed by atoms with E-state index in [0.29, 0.717) is 19.6 Å². The van der Waals surface area contributed by atoms with Gasteiger partial charge in [0.25, 0.3) is 0 Å². The second-order valence-electron chi connectivity index (χ2n) is 9.85. The number of carboxylic acid groups (broad SMARTS) is 1. The molecule has 0 spiro atoms. The van der Waals surface area contributed by atoms with Crippen molar-refractivity contribution in [3.63, 3.8) is 0 Å². The monoisotopic (exact) mass is 500 g/mol. The van der Waals surface area contributed by atoms with Crippen LogP contribution in [0.5, 0.6) is 0 Å². The van der Waals surface area contributed by atoms with Crippen LogP contribution in [0.2, 0.25) is 0 Å². The highest BCUT2D eigenvalue weighted by Crippen LogP contribution is 2.28. The van der Waals surface area contributed by atoms with Gasteiger partial charge in [-0.1, -0.05) is 30.3 Å². The van der Waals surface area contributed by atoms with Crippen molar-refractivity contribution in [1.82, 2.24) is 20.4 Å². The fourth-order valence-electron chi connectivity index (χ4n) is 4.70. The minimum Gasteiger partial charge on any atom is -0.481 e. The minimum atomic E-state index is -0.939. The maximum absolute atomic E-state index is 13.4. The lowest BCUT2D eigenvalue weighted by Crippen LogP contribution is -2.51. The molecule has 2 amide bonds. The number of likely N-dealkylation sites (tertiary alicyclic amines) is 1. The Labute approximate surface area is 213 Å². The molecule has 0 bridgehead atoms. The normalized spacial score (nSPS) is 18.3. The molecule has 198 valence electrons. The number of aliphatic carboxylic acids is 1. The van der Waals surface area contributed by atoms with Gasteiger partial charge in [0, 0.05) is 32.2 Å². The molecular weight excluding hydrogens is 460 g/mol. The van der Waals surface area contributed by atoms with Crippen LogP contribution in [-0.4, -0.2) is 83.5 Å². The molecule has 10 nitrogen and oxygen atoms in total. The number of nitrogens with two attached hydrogens (primary N) is 1. The van der Waals surface area contributed by atoms with Gasteiger partial charge in [-0.3, -0.25) is 19.8 Å². The predicted octanol–water partition coefficient (Wildman–Crippen LogP) is 1.15. The van der Waals surface area contributed by atoms with E-state index in [0.717, 1.165) is 45.1 Å². The fraction of sp³-hybridized carbons (Fsp3) is 0.615. The molecule has 6 N–H and O–H groups in total. The summed E-state index contributed by atoms with van der Waals surface area (Å²) < 4.78 is 0. The van der Waals surface area contributed by atoms with Crippen LogP contribution in [0.4, 0.5) is 0 Å². The van der Waals surface area contributed by atoms with Gasteiger partial charge in [-0.15, -0.1) is 0 Å². The molecule has 1 aliphatic heterocycles. The number of piperidine rings is 1. The van der Waals surface area contributed by atoms with Crippen molar-refractivity contribution in [3.05, 3.63) is 35.9 Å². The molecule has 2 aliphatic rings. The van der Waals surface area contributed by atoms with E-state index in [9.17, 15) is 14.4 Å². The molecule has 0 unspecified atom stereocenters. The fourth-order valence-corrected chi connectivity index (χ4v) is 4.70. The van der Waals surface area contributed by atoms with Crippen LogP contribution in [0, 0.1) is 11.3 Å². The first-order valence-electron chi connectivity index (χ1n) is 13.0. The SMILES string of the molecule is N=C(N)N1CCC[C@@H](CNC(=O)C[C@H](NCCCc2ccccc2)C(=O)N(CCC(=O)O)C2CC2)C1. The molecule has 1 heterocycles. The van der Waals surface area contributed by atoms with E-state index in [1.807, 2.05) is 23.1 Å². The number of benzene rings is 1. The number of carbonyl (C=O) groups excluding carboxylic acids is 2. The van der Waals surface area contributed by atoms with E-state index >= 15 is 0 Å². The smallest absolute Gasteiger partial charge is 0.305 e. The van der Waals surface area contributed by atoms with Gasteiger partial charge in [-0.2, -0.15) is 0 Å². The van der Waals surface area contributed by atoms with Crippen LogP contribution in [0.15, 0.2) is 30.3 Å². The third kappa shape index (κ3) is 9.14. The average Bonchev–Trinajstić information content (AvgIpc) is 3.70. The third-order valence-corrected chi connectivity index (χ3v) is 6.85. The summed E-state index contributed by atoms with van der Waals surface area (Å²) in [7, 11) is 0. The minimum absolute atomic E-state index is 0.00358. The topological polar surface area (TPSA) is 152 Å². The van der Waals surface area contributed by atoms with Crippen molar-refractivity contribution in [2.24, 2.45) is 11.7 Å². The molecule has 2 fully saturated rings. The summed E-state index contributed by atoms with van der Waals surface area (Å²) in [6.07, 6.45) is 5.18. The lowest BCUT2D eigenvalue weighted by Gasteiger charge is -2.33. The summed E-state index contributed by atoms with van der Waals surface area (Å²) in [6, 6.07) is 9.46. The molecule has 1 aromatic carbocycles. The van der Waals surface area contributed by atoms with Gasteiger partial charge in [0.2, 0.25) is 11.8 Å².